The molecular formula is C59H34N4OS. The van der Waals surface area contributed by atoms with Crippen molar-refractivity contribution in [2.24, 2.45) is 0 Å². The van der Waals surface area contributed by atoms with Crippen molar-refractivity contribution in [2.45, 2.75) is 15.2 Å². The van der Waals surface area contributed by atoms with Crippen molar-refractivity contribution in [1.82, 2.24) is 19.9 Å². The van der Waals surface area contributed by atoms with Gasteiger partial charge in [-0.15, -0.1) is 0 Å². The van der Waals surface area contributed by atoms with Crippen LogP contribution in [0.2, 0.25) is 0 Å². The Bertz CT molecular complexity index is 3890. The van der Waals surface area contributed by atoms with Crippen LogP contribution in [0.15, 0.2) is 220 Å². The molecule has 5 nitrogen and oxygen atoms in total. The number of pyridine rings is 1. The quantitative estimate of drug-likeness (QED) is 0.164. The van der Waals surface area contributed by atoms with E-state index in [0.717, 1.165) is 66.2 Å². The molecule has 0 atom stereocenters. The van der Waals surface area contributed by atoms with Gasteiger partial charge in [-0.1, -0.05) is 188 Å². The van der Waals surface area contributed by atoms with Crippen molar-refractivity contribution < 1.29 is 4.42 Å². The van der Waals surface area contributed by atoms with Crippen LogP contribution in [-0.4, -0.2) is 19.9 Å². The molecule has 0 bridgehead atoms. The third-order valence-electron chi connectivity index (χ3n) is 13.4. The summed E-state index contributed by atoms with van der Waals surface area (Å²) in [5, 5.41) is 5.49. The Morgan fingerprint density at radius 1 is 0.354 bits per heavy atom. The minimum Gasteiger partial charge on any atom is -0.456 e. The van der Waals surface area contributed by atoms with E-state index in [4.69, 9.17) is 24.4 Å². The highest BCUT2D eigenvalue weighted by Crippen LogP contribution is 2.63. The van der Waals surface area contributed by atoms with Crippen molar-refractivity contribution in [3.8, 4) is 56.5 Å². The molecule has 0 saturated carbocycles. The lowest BCUT2D eigenvalue weighted by Crippen LogP contribution is -2.31. The predicted molar refractivity (Wildman–Crippen MR) is 263 cm³/mol. The van der Waals surface area contributed by atoms with Crippen LogP contribution in [0.5, 0.6) is 0 Å². The maximum Gasteiger partial charge on any atom is 0.164 e. The van der Waals surface area contributed by atoms with E-state index in [1.807, 2.05) is 72.4 Å². The number of furan rings is 1. The number of hydrogen-bond donors (Lipinski definition) is 0. The molecule has 2 aliphatic rings. The molecule has 12 aromatic rings. The van der Waals surface area contributed by atoms with E-state index in [1.54, 1.807) is 0 Å². The summed E-state index contributed by atoms with van der Waals surface area (Å²) in [4.78, 5) is 23.4. The third-order valence-corrected chi connectivity index (χ3v) is 14.6. The van der Waals surface area contributed by atoms with Crippen molar-refractivity contribution in [2.75, 3.05) is 0 Å². The molecule has 65 heavy (non-hydrogen) atoms. The summed E-state index contributed by atoms with van der Waals surface area (Å²) in [6, 6.07) is 73.2. The lowest BCUT2D eigenvalue weighted by molar-refractivity contribution is 0.669. The van der Waals surface area contributed by atoms with Crippen LogP contribution >= 0.6 is 11.8 Å². The topological polar surface area (TPSA) is 64.7 Å². The molecule has 1 aliphatic heterocycles. The minimum atomic E-state index is -0.469. The maximum absolute atomic E-state index is 6.28. The van der Waals surface area contributed by atoms with E-state index in [1.165, 1.54) is 48.6 Å². The molecule has 4 heterocycles. The Hall–Kier alpha value is -8.19. The molecule has 1 aliphatic carbocycles. The number of aromatic nitrogens is 4. The van der Waals surface area contributed by atoms with E-state index in [2.05, 4.69) is 146 Å². The second-order valence-electron chi connectivity index (χ2n) is 16.8. The van der Waals surface area contributed by atoms with Gasteiger partial charge in [0.15, 0.2) is 17.5 Å². The molecule has 1 spiro atoms. The summed E-state index contributed by atoms with van der Waals surface area (Å²) in [5.41, 5.74) is 14.6. The Kier molecular flexibility index (Phi) is 7.77. The lowest BCUT2D eigenvalue weighted by Gasteiger charge is -2.39. The highest BCUT2D eigenvalue weighted by molar-refractivity contribution is 7.99. The summed E-state index contributed by atoms with van der Waals surface area (Å²) in [7, 11) is 0. The monoisotopic (exact) mass is 846 g/mol. The molecule has 0 fully saturated rings. The zero-order valence-electron chi connectivity index (χ0n) is 34.7. The maximum atomic E-state index is 6.28. The van der Waals surface area contributed by atoms with Gasteiger partial charge in [-0.25, -0.2) is 19.9 Å². The number of hydrogen-bond acceptors (Lipinski definition) is 6. The highest BCUT2D eigenvalue weighted by Gasteiger charge is 2.50. The number of para-hydroxylation sites is 2. The summed E-state index contributed by atoms with van der Waals surface area (Å²) in [6.45, 7) is 0. The van der Waals surface area contributed by atoms with Gasteiger partial charge in [0.05, 0.1) is 16.6 Å². The molecule has 302 valence electrons. The zero-order valence-corrected chi connectivity index (χ0v) is 35.6. The fourth-order valence-corrected chi connectivity index (χ4v) is 11.9. The van der Waals surface area contributed by atoms with E-state index in [0.29, 0.717) is 17.5 Å². The third kappa shape index (κ3) is 5.23. The number of benzene rings is 9. The Balaban J connectivity index is 0.968. The van der Waals surface area contributed by atoms with E-state index in [9.17, 15) is 0 Å². The molecule has 0 saturated heterocycles. The first kappa shape index (κ1) is 36.3. The Morgan fingerprint density at radius 2 is 0.938 bits per heavy atom. The van der Waals surface area contributed by atoms with Gasteiger partial charge < -0.3 is 4.42 Å². The second kappa shape index (κ2) is 13.9. The van der Waals surface area contributed by atoms with Gasteiger partial charge in [0.25, 0.3) is 0 Å². The normalized spacial score (nSPS) is 13.3. The minimum absolute atomic E-state index is 0.469. The average molecular weight is 847 g/mol. The molecular weight excluding hydrogens is 813 g/mol. The van der Waals surface area contributed by atoms with Crippen LogP contribution < -0.4 is 0 Å². The van der Waals surface area contributed by atoms with Crippen molar-refractivity contribution >= 4 is 55.4 Å². The molecule has 0 unspecified atom stereocenters. The Morgan fingerprint density at radius 3 is 1.72 bits per heavy atom. The molecule has 0 N–H and O–H groups in total. The second-order valence-corrected chi connectivity index (χ2v) is 17.9. The van der Waals surface area contributed by atoms with E-state index in [-0.39, 0.29) is 0 Å². The molecule has 0 amide bonds. The van der Waals surface area contributed by atoms with Gasteiger partial charge in [-0.05, 0) is 63.7 Å². The largest absolute Gasteiger partial charge is 0.456 e. The number of rotatable bonds is 4. The van der Waals surface area contributed by atoms with Crippen molar-refractivity contribution in [3.63, 3.8) is 0 Å². The number of fused-ring (bicyclic) bond motifs is 16. The smallest absolute Gasteiger partial charge is 0.164 e. The van der Waals surface area contributed by atoms with Gasteiger partial charge in [-0.3, -0.25) is 0 Å². The van der Waals surface area contributed by atoms with Gasteiger partial charge in [0, 0.05) is 59.0 Å². The SMILES string of the molecule is c1ccc(-c2nc(-c3ccc(-c4nc5ccccc5c5c6c(ccc45)C4(c5ccccc5Sc5ccccc54)c4ccccc4-6)cc3)nc(-c3cccc4oc5ccccc5c34)n2)cc1. The van der Waals surface area contributed by atoms with Crippen LogP contribution in [0.1, 0.15) is 22.3 Å². The van der Waals surface area contributed by atoms with Gasteiger partial charge in [-0.2, -0.15) is 0 Å². The van der Waals surface area contributed by atoms with Crippen LogP contribution in [0.25, 0.3) is 100 Å². The molecule has 14 rings (SSSR count). The van der Waals surface area contributed by atoms with E-state index >= 15 is 0 Å². The first-order valence-corrected chi connectivity index (χ1v) is 22.7. The average Bonchev–Trinajstić information content (AvgIpc) is 3.90. The summed E-state index contributed by atoms with van der Waals surface area (Å²) in [5.74, 6) is 1.79. The van der Waals surface area contributed by atoms with Crippen LogP contribution in [0, 0.1) is 0 Å². The standard InChI is InChI=1S/C59H34N4OS/c1-2-15-36(16-3-1)56-61-57(63-58(62-56)42-20-14-26-49-52(42)40-19-6-11-25-48(40)64-49)37-31-29-35(30-32-37)55-41-33-34-46-54(53(41)39-18-5-10-24-47(39)60-55)38-17-4-7-21-43(38)59(46)44-22-8-12-27-50(44)65-51-28-13-9-23-45(51)59/h1-34H. The fraction of sp³-hybridized carbons (Fsp3) is 0.0169. The Labute approximate surface area is 378 Å². The number of nitrogens with zero attached hydrogens (tertiary/aromatic N) is 4. The molecule has 0 radical (unpaired) electrons. The van der Waals surface area contributed by atoms with Crippen molar-refractivity contribution in [3.05, 3.63) is 229 Å². The van der Waals surface area contributed by atoms with Crippen LogP contribution in [-0.2, 0) is 5.41 Å². The summed E-state index contributed by atoms with van der Waals surface area (Å²) in [6.07, 6.45) is 0. The zero-order chi connectivity index (χ0) is 42.6. The predicted octanol–water partition coefficient (Wildman–Crippen LogP) is 15.0. The van der Waals surface area contributed by atoms with Crippen LogP contribution in [0.3, 0.4) is 0 Å². The summed E-state index contributed by atoms with van der Waals surface area (Å²) >= 11 is 1.87. The first-order chi connectivity index (χ1) is 32.2. The van der Waals surface area contributed by atoms with Gasteiger partial charge >= 0.3 is 0 Å². The van der Waals surface area contributed by atoms with Gasteiger partial charge in [0.1, 0.15) is 11.2 Å². The highest BCUT2D eigenvalue weighted by atomic mass is 32.2. The first-order valence-electron chi connectivity index (χ1n) is 21.9. The van der Waals surface area contributed by atoms with Crippen LogP contribution in [0.4, 0.5) is 0 Å². The summed E-state index contributed by atoms with van der Waals surface area (Å²) < 4.78 is 6.28. The van der Waals surface area contributed by atoms with E-state index < -0.39 is 5.41 Å². The molecule has 3 aromatic heterocycles. The molecule has 9 aromatic carbocycles. The van der Waals surface area contributed by atoms with Gasteiger partial charge in [0.2, 0.25) is 0 Å². The molecule has 6 heteroatoms. The van der Waals surface area contributed by atoms with Crippen molar-refractivity contribution in [1.29, 1.82) is 0 Å². The fourth-order valence-electron chi connectivity index (χ4n) is 10.7. The lowest BCUT2D eigenvalue weighted by atomic mass is 9.67.